The molecule has 0 bridgehead atoms. The third-order valence-corrected chi connectivity index (χ3v) is 5.11. The van der Waals surface area contributed by atoms with Crippen molar-refractivity contribution in [1.29, 1.82) is 0 Å². The van der Waals surface area contributed by atoms with Crippen molar-refractivity contribution < 1.29 is 0 Å². The Kier molecular flexibility index (Phi) is 3.90. The van der Waals surface area contributed by atoms with Crippen LogP contribution >= 0.6 is 0 Å². The molecule has 1 saturated carbocycles. The van der Waals surface area contributed by atoms with Crippen LogP contribution in [0.3, 0.4) is 0 Å². The lowest BCUT2D eigenvalue weighted by atomic mass is 9.74. The number of likely N-dealkylation sites (tertiary alicyclic amines) is 1. The molecule has 104 valence electrons. The maximum absolute atomic E-state index is 6.23. The molecule has 2 heteroatoms. The molecule has 2 nitrogen and oxygen atoms in total. The van der Waals surface area contributed by atoms with Gasteiger partial charge in [0.2, 0.25) is 0 Å². The number of nitrogens with two attached hydrogens (primary N) is 1. The third kappa shape index (κ3) is 2.85. The number of rotatable bonds is 2. The topological polar surface area (TPSA) is 29.3 Å². The van der Waals surface area contributed by atoms with Gasteiger partial charge in [-0.1, -0.05) is 49.6 Å². The van der Waals surface area contributed by atoms with Gasteiger partial charge in [0.1, 0.15) is 0 Å². The van der Waals surface area contributed by atoms with Crippen molar-refractivity contribution >= 4 is 0 Å². The molecule has 2 fully saturated rings. The minimum absolute atomic E-state index is 0.372. The lowest BCUT2D eigenvalue weighted by Gasteiger charge is -2.51. The molecular weight excluding hydrogens is 232 g/mol. The number of piperidine rings is 1. The molecule has 19 heavy (non-hydrogen) atoms. The normalized spacial score (nSPS) is 27.5. The highest BCUT2D eigenvalue weighted by Gasteiger charge is 2.41. The van der Waals surface area contributed by atoms with Gasteiger partial charge < -0.3 is 5.73 Å². The van der Waals surface area contributed by atoms with Crippen molar-refractivity contribution in [3.05, 3.63) is 35.9 Å². The SMILES string of the molecule is N[C@H]1CCC2(CCCCC2)N(Cc2ccccc2)C1. The molecule has 1 saturated heterocycles. The molecule has 1 spiro atoms. The van der Waals surface area contributed by atoms with Gasteiger partial charge in [-0.05, 0) is 31.2 Å². The minimum atomic E-state index is 0.372. The van der Waals surface area contributed by atoms with E-state index in [1.54, 1.807) is 0 Å². The summed E-state index contributed by atoms with van der Waals surface area (Å²) in [4.78, 5) is 2.70. The predicted octanol–water partition coefficient (Wildman–Crippen LogP) is 3.31. The van der Waals surface area contributed by atoms with Crippen LogP contribution in [0.5, 0.6) is 0 Å². The van der Waals surface area contributed by atoms with Crippen LogP contribution in [0.1, 0.15) is 50.5 Å². The molecule has 0 radical (unpaired) electrons. The largest absolute Gasteiger partial charge is 0.327 e. The van der Waals surface area contributed by atoms with Gasteiger partial charge in [-0.3, -0.25) is 4.90 Å². The van der Waals surface area contributed by atoms with Crippen LogP contribution in [0.15, 0.2) is 30.3 Å². The van der Waals surface area contributed by atoms with Crippen LogP contribution in [0.4, 0.5) is 0 Å². The Hall–Kier alpha value is -0.860. The van der Waals surface area contributed by atoms with Crippen molar-refractivity contribution in [2.75, 3.05) is 6.54 Å². The predicted molar refractivity (Wildman–Crippen MR) is 79.9 cm³/mol. The molecule has 3 rings (SSSR count). The van der Waals surface area contributed by atoms with Gasteiger partial charge in [0, 0.05) is 24.7 Å². The standard InChI is InChI=1S/C17H26N2/c18-16-9-12-17(10-5-2-6-11-17)19(14-16)13-15-7-3-1-4-8-15/h1,3-4,7-8,16H,2,5-6,9-14,18H2/t16-/m0/s1. The van der Waals surface area contributed by atoms with E-state index in [1.165, 1.54) is 50.5 Å². The maximum Gasteiger partial charge on any atom is 0.0239 e. The minimum Gasteiger partial charge on any atom is -0.327 e. The summed E-state index contributed by atoms with van der Waals surface area (Å²) in [5.74, 6) is 0. The molecule has 1 aliphatic heterocycles. The Morgan fingerprint density at radius 1 is 1.05 bits per heavy atom. The summed E-state index contributed by atoms with van der Waals surface area (Å²) in [5.41, 5.74) is 8.12. The summed E-state index contributed by atoms with van der Waals surface area (Å²) in [6.45, 7) is 2.16. The Morgan fingerprint density at radius 3 is 2.53 bits per heavy atom. The lowest BCUT2D eigenvalue weighted by Crippen LogP contribution is -2.57. The van der Waals surface area contributed by atoms with Crippen molar-refractivity contribution in [1.82, 2.24) is 4.90 Å². The third-order valence-electron chi connectivity index (χ3n) is 5.11. The molecule has 1 atom stereocenters. The van der Waals surface area contributed by atoms with Crippen LogP contribution in [0.25, 0.3) is 0 Å². The zero-order valence-electron chi connectivity index (χ0n) is 11.9. The highest BCUT2D eigenvalue weighted by atomic mass is 15.2. The summed E-state index contributed by atoms with van der Waals surface area (Å²) >= 11 is 0. The van der Waals surface area contributed by atoms with E-state index in [4.69, 9.17) is 5.73 Å². The van der Waals surface area contributed by atoms with E-state index >= 15 is 0 Å². The van der Waals surface area contributed by atoms with E-state index in [1.807, 2.05) is 0 Å². The van der Waals surface area contributed by atoms with Crippen LogP contribution in [0, 0.1) is 0 Å². The fraction of sp³-hybridized carbons (Fsp3) is 0.647. The number of hydrogen-bond donors (Lipinski definition) is 1. The van der Waals surface area contributed by atoms with E-state index in [-0.39, 0.29) is 0 Å². The summed E-state index contributed by atoms with van der Waals surface area (Å²) in [6, 6.07) is 11.3. The molecule has 0 unspecified atom stereocenters. The number of benzene rings is 1. The summed E-state index contributed by atoms with van der Waals surface area (Å²) < 4.78 is 0. The van der Waals surface area contributed by atoms with Gasteiger partial charge >= 0.3 is 0 Å². The first-order chi connectivity index (χ1) is 9.28. The molecule has 0 amide bonds. The van der Waals surface area contributed by atoms with Crippen molar-refractivity contribution in [3.63, 3.8) is 0 Å². The van der Waals surface area contributed by atoms with Crippen molar-refractivity contribution in [3.8, 4) is 0 Å². The molecule has 1 aromatic rings. The van der Waals surface area contributed by atoms with Gasteiger partial charge in [-0.2, -0.15) is 0 Å². The van der Waals surface area contributed by atoms with Gasteiger partial charge in [-0.15, -0.1) is 0 Å². The summed E-state index contributed by atoms with van der Waals surface area (Å²) in [7, 11) is 0. The second-order valence-electron chi connectivity index (χ2n) is 6.45. The van der Waals surface area contributed by atoms with Crippen molar-refractivity contribution in [2.45, 2.75) is 63.1 Å². The lowest BCUT2D eigenvalue weighted by molar-refractivity contribution is 0.000822. The number of nitrogens with zero attached hydrogens (tertiary/aromatic N) is 1. The average molecular weight is 258 g/mol. The molecular formula is C17H26N2. The highest BCUT2D eigenvalue weighted by Crippen LogP contribution is 2.41. The van der Waals surface area contributed by atoms with Gasteiger partial charge in [0.25, 0.3) is 0 Å². The first kappa shape index (κ1) is 13.1. The van der Waals surface area contributed by atoms with E-state index in [2.05, 4.69) is 35.2 Å². The average Bonchev–Trinajstić information content (AvgIpc) is 2.46. The number of hydrogen-bond acceptors (Lipinski definition) is 2. The van der Waals surface area contributed by atoms with Crippen molar-refractivity contribution in [2.24, 2.45) is 5.73 Å². The zero-order valence-corrected chi connectivity index (χ0v) is 11.9. The Bertz CT molecular complexity index is 395. The fourth-order valence-corrected chi connectivity index (χ4v) is 3.99. The quantitative estimate of drug-likeness (QED) is 0.882. The molecule has 2 N–H and O–H groups in total. The van der Waals surface area contributed by atoms with Gasteiger partial charge in [0.05, 0.1) is 0 Å². The molecule has 1 aliphatic carbocycles. The van der Waals surface area contributed by atoms with E-state index in [9.17, 15) is 0 Å². The Labute approximate surface area is 117 Å². The highest BCUT2D eigenvalue weighted by molar-refractivity contribution is 5.15. The molecule has 2 aliphatic rings. The van der Waals surface area contributed by atoms with Crippen LogP contribution in [-0.4, -0.2) is 23.0 Å². The molecule has 1 heterocycles. The molecule has 0 aromatic heterocycles. The van der Waals surface area contributed by atoms with E-state index < -0.39 is 0 Å². The Balaban J connectivity index is 1.78. The van der Waals surface area contributed by atoms with Crippen LogP contribution in [0.2, 0.25) is 0 Å². The second-order valence-corrected chi connectivity index (χ2v) is 6.45. The van der Waals surface area contributed by atoms with E-state index in [0.717, 1.165) is 13.1 Å². The maximum atomic E-state index is 6.23. The summed E-state index contributed by atoms with van der Waals surface area (Å²) in [6.07, 6.45) is 9.51. The zero-order chi connectivity index (χ0) is 13.1. The summed E-state index contributed by atoms with van der Waals surface area (Å²) in [5, 5.41) is 0. The fourth-order valence-electron chi connectivity index (χ4n) is 3.99. The smallest absolute Gasteiger partial charge is 0.0239 e. The van der Waals surface area contributed by atoms with Gasteiger partial charge in [-0.25, -0.2) is 0 Å². The van der Waals surface area contributed by atoms with Crippen LogP contribution < -0.4 is 5.73 Å². The first-order valence-electron chi connectivity index (χ1n) is 7.83. The van der Waals surface area contributed by atoms with Gasteiger partial charge in [0.15, 0.2) is 0 Å². The Morgan fingerprint density at radius 2 is 1.79 bits per heavy atom. The molecule has 1 aromatic carbocycles. The second kappa shape index (κ2) is 5.64. The van der Waals surface area contributed by atoms with E-state index in [0.29, 0.717) is 11.6 Å². The first-order valence-corrected chi connectivity index (χ1v) is 7.83. The van der Waals surface area contributed by atoms with Crippen LogP contribution in [-0.2, 0) is 6.54 Å². The monoisotopic (exact) mass is 258 g/mol.